The van der Waals surface area contributed by atoms with Gasteiger partial charge in [0, 0.05) is 12.8 Å². The molecule has 0 atom stereocenters. The summed E-state index contributed by atoms with van der Waals surface area (Å²) in [7, 11) is 0. The Hall–Kier alpha value is -0.0400. The molecule has 1 nitrogen and oxygen atoms in total. The first-order valence-electron chi connectivity index (χ1n) is 10.7. The molecule has 0 saturated carbocycles. The Morgan fingerprint density at radius 3 is 1.36 bits per heavy atom. The van der Waals surface area contributed by atoms with Crippen LogP contribution in [0.1, 0.15) is 110 Å². The Morgan fingerprint density at radius 2 is 0.955 bits per heavy atom. The zero-order chi connectivity index (χ0) is 15.9. The number of nitrogens with zero attached hydrogens (tertiary/aromatic N) is 1. The Kier molecular flexibility index (Phi) is 12.2. The van der Waals surface area contributed by atoms with Gasteiger partial charge in [0.1, 0.15) is 0 Å². The van der Waals surface area contributed by atoms with E-state index in [-0.39, 0.29) is 0 Å². The van der Waals surface area contributed by atoms with Gasteiger partial charge in [-0.3, -0.25) is 0 Å². The summed E-state index contributed by atoms with van der Waals surface area (Å²) in [4.78, 5) is 0. The summed E-state index contributed by atoms with van der Waals surface area (Å²) in [5.41, 5.74) is 0. The van der Waals surface area contributed by atoms with Crippen molar-refractivity contribution in [3.05, 3.63) is 0 Å². The van der Waals surface area contributed by atoms with Gasteiger partial charge in [-0.05, 0) is 19.8 Å². The highest BCUT2D eigenvalue weighted by Gasteiger charge is 2.28. The Bertz CT molecular complexity index is 230. The van der Waals surface area contributed by atoms with Gasteiger partial charge in [-0.15, -0.1) is 0 Å². The van der Waals surface area contributed by atoms with E-state index in [0.29, 0.717) is 0 Å². The van der Waals surface area contributed by atoms with E-state index in [9.17, 15) is 0 Å². The molecule has 1 aliphatic heterocycles. The maximum Gasteiger partial charge on any atom is 0.0788 e. The monoisotopic (exact) mass is 310 g/mol. The van der Waals surface area contributed by atoms with Gasteiger partial charge < -0.3 is 4.48 Å². The van der Waals surface area contributed by atoms with Crippen molar-refractivity contribution in [1.82, 2.24) is 0 Å². The Balaban J connectivity index is 1.78. The average molecular weight is 311 g/mol. The highest BCUT2D eigenvalue weighted by molar-refractivity contribution is 4.55. The molecular weight excluding hydrogens is 266 g/mol. The predicted molar refractivity (Wildman–Crippen MR) is 100 cm³/mol. The third kappa shape index (κ3) is 9.18. The van der Waals surface area contributed by atoms with Gasteiger partial charge in [-0.1, -0.05) is 77.6 Å². The molecule has 0 aromatic rings. The van der Waals surface area contributed by atoms with Gasteiger partial charge in [0.15, 0.2) is 0 Å². The topological polar surface area (TPSA) is 0 Å². The third-order valence-corrected chi connectivity index (χ3v) is 5.92. The third-order valence-electron chi connectivity index (χ3n) is 5.92. The molecule has 0 bridgehead atoms. The quantitative estimate of drug-likeness (QED) is 0.233. The SMILES string of the molecule is CCCCCCCCCCCCCCC[N+]1(CC)CCCC1. The molecule has 0 unspecified atom stereocenters. The summed E-state index contributed by atoms with van der Waals surface area (Å²) in [6.07, 6.45) is 22.1. The lowest BCUT2D eigenvalue weighted by atomic mass is 10.0. The molecule has 22 heavy (non-hydrogen) atoms. The zero-order valence-corrected chi connectivity index (χ0v) is 15.9. The van der Waals surface area contributed by atoms with Crippen LogP contribution in [-0.4, -0.2) is 30.7 Å². The molecule has 1 heteroatoms. The molecule has 0 aromatic carbocycles. The smallest absolute Gasteiger partial charge is 0.0788 e. The lowest BCUT2D eigenvalue weighted by molar-refractivity contribution is -0.915. The van der Waals surface area contributed by atoms with Crippen molar-refractivity contribution in [3.8, 4) is 0 Å². The van der Waals surface area contributed by atoms with Crippen LogP contribution < -0.4 is 0 Å². The fraction of sp³-hybridized carbons (Fsp3) is 1.00. The number of likely N-dealkylation sites (tertiary alicyclic amines) is 1. The Labute approximate surface area is 141 Å². The van der Waals surface area contributed by atoms with Crippen molar-refractivity contribution in [2.45, 2.75) is 110 Å². The minimum atomic E-state index is 1.37. The number of rotatable bonds is 15. The van der Waals surface area contributed by atoms with Gasteiger partial charge in [0.2, 0.25) is 0 Å². The summed E-state index contributed by atoms with van der Waals surface area (Å²) < 4.78 is 1.44. The van der Waals surface area contributed by atoms with Gasteiger partial charge in [-0.25, -0.2) is 0 Å². The van der Waals surface area contributed by atoms with Crippen LogP contribution in [-0.2, 0) is 0 Å². The molecule has 1 heterocycles. The van der Waals surface area contributed by atoms with Gasteiger partial charge in [0.25, 0.3) is 0 Å². The second-order valence-corrected chi connectivity index (χ2v) is 7.78. The van der Waals surface area contributed by atoms with Crippen LogP contribution in [0.3, 0.4) is 0 Å². The van der Waals surface area contributed by atoms with Crippen molar-refractivity contribution in [2.75, 3.05) is 26.2 Å². The molecule has 0 spiro atoms. The zero-order valence-electron chi connectivity index (χ0n) is 15.9. The number of hydrogen-bond donors (Lipinski definition) is 0. The van der Waals surface area contributed by atoms with Crippen LogP contribution in [0.15, 0.2) is 0 Å². The van der Waals surface area contributed by atoms with Crippen LogP contribution in [0.2, 0.25) is 0 Å². The fourth-order valence-corrected chi connectivity index (χ4v) is 4.17. The standard InChI is InChI=1S/C21H44N/c1-3-5-6-7-8-9-10-11-12-13-14-15-16-19-22(4-2)20-17-18-21-22/h3-21H2,1-2H3/q+1. The Morgan fingerprint density at radius 1 is 0.545 bits per heavy atom. The maximum atomic E-state index is 2.40. The van der Waals surface area contributed by atoms with Crippen molar-refractivity contribution in [3.63, 3.8) is 0 Å². The van der Waals surface area contributed by atoms with Crippen LogP contribution in [0.5, 0.6) is 0 Å². The molecule has 132 valence electrons. The van der Waals surface area contributed by atoms with Crippen LogP contribution in [0.25, 0.3) is 0 Å². The highest BCUT2D eigenvalue weighted by Crippen LogP contribution is 2.20. The molecule has 0 radical (unpaired) electrons. The first-order valence-corrected chi connectivity index (χ1v) is 10.7. The van der Waals surface area contributed by atoms with Crippen LogP contribution >= 0.6 is 0 Å². The van der Waals surface area contributed by atoms with Gasteiger partial charge in [0.05, 0.1) is 26.2 Å². The van der Waals surface area contributed by atoms with E-state index in [1.54, 1.807) is 0 Å². The van der Waals surface area contributed by atoms with Crippen molar-refractivity contribution >= 4 is 0 Å². The number of unbranched alkanes of at least 4 members (excludes halogenated alkanes) is 12. The lowest BCUT2D eigenvalue weighted by Crippen LogP contribution is -2.45. The van der Waals surface area contributed by atoms with E-state index in [1.807, 2.05) is 0 Å². The largest absolute Gasteiger partial charge is 0.324 e. The predicted octanol–water partition coefficient (Wildman–Crippen LogP) is 6.71. The summed E-state index contributed by atoms with van der Waals surface area (Å²) in [6, 6.07) is 0. The summed E-state index contributed by atoms with van der Waals surface area (Å²) >= 11 is 0. The van der Waals surface area contributed by atoms with E-state index in [2.05, 4.69) is 13.8 Å². The van der Waals surface area contributed by atoms with Crippen molar-refractivity contribution in [2.24, 2.45) is 0 Å². The minimum absolute atomic E-state index is 1.37. The second kappa shape index (κ2) is 13.4. The van der Waals surface area contributed by atoms with Gasteiger partial charge >= 0.3 is 0 Å². The fourth-order valence-electron chi connectivity index (χ4n) is 4.17. The minimum Gasteiger partial charge on any atom is -0.324 e. The molecule has 1 fully saturated rings. The van der Waals surface area contributed by atoms with Crippen molar-refractivity contribution < 1.29 is 4.48 Å². The van der Waals surface area contributed by atoms with E-state index < -0.39 is 0 Å². The number of hydrogen-bond acceptors (Lipinski definition) is 0. The molecule has 0 amide bonds. The van der Waals surface area contributed by atoms with E-state index in [0.717, 1.165) is 0 Å². The number of quaternary nitrogens is 1. The summed E-state index contributed by atoms with van der Waals surface area (Å²) in [5, 5.41) is 0. The summed E-state index contributed by atoms with van der Waals surface area (Å²) in [5.74, 6) is 0. The first kappa shape index (κ1) is 20.0. The first-order chi connectivity index (χ1) is 10.8. The lowest BCUT2D eigenvalue weighted by Gasteiger charge is -2.33. The van der Waals surface area contributed by atoms with E-state index in [1.165, 1.54) is 127 Å². The van der Waals surface area contributed by atoms with E-state index >= 15 is 0 Å². The summed E-state index contributed by atoms with van der Waals surface area (Å²) in [6.45, 7) is 10.5. The maximum absolute atomic E-state index is 2.40. The van der Waals surface area contributed by atoms with Gasteiger partial charge in [-0.2, -0.15) is 0 Å². The molecular formula is C21H44N+. The molecule has 0 aliphatic carbocycles. The second-order valence-electron chi connectivity index (χ2n) is 7.78. The van der Waals surface area contributed by atoms with Crippen molar-refractivity contribution in [1.29, 1.82) is 0 Å². The molecule has 1 aliphatic rings. The average Bonchev–Trinajstić information content (AvgIpc) is 3.01. The highest BCUT2D eigenvalue weighted by atomic mass is 15.4. The van der Waals surface area contributed by atoms with Crippen LogP contribution in [0, 0.1) is 0 Å². The van der Waals surface area contributed by atoms with Crippen LogP contribution in [0.4, 0.5) is 0 Å². The van der Waals surface area contributed by atoms with E-state index in [4.69, 9.17) is 0 Å². The molecule has 1 rings (SSSR count). The molecule has 1 saturated heterocycles. The molecule has 0 aromatic heterocycles. The molecule has 0 N–H and O–H groups in total. The normalized spacial score (nSPS) is 17.2.